The molecule has 0 aliphatic carbocycles. The monoisotopic (exact) mass is 184 g/mol. The molecule has 2 aliphatic rings. The molecule has 0 aromatic rings. The Morgan fingerprint density at radius 1 is 1.54 bits per heavy atom. The van der Waals surface area contributed by atoms with Crippen molar-refractivity contribution in [2.75, 3.05) is 7.11 Å². The van der Waals surface area contributed by atoms with Gasteiger partial charge in [0.05, 0.1) is 13.2 Å². The summed E-state index contributed by atoms with van der Waals surface area (Å²) in [7, 11) is 1.31. The third-order valence-electron chi connectivity index (χ3n) is 2.75. The SMILES string of the molecule is COC(=O)[C@@H]1C[C@H]2CC[C@@H](O2)C1=O. The van der Waals surface area contributed by atoms with E-state index in [1.165, 1.54) is 7.11 Å². The molecule has 2 rings (SSSR count). The van der Waals surface area contributed by atoms with Crippen molar-refractivity contribution in [3.05, 3.63) is 0 Å². The molecule has 13 heavy (non-hydrogen) atoms. The summed E-state index contributed by atoms with van der Waals surface area (Å²) in [5.41, 5.74) is 0. The number of fused-ring (bicyclic) bond motifs is 2. The zero-order valence-corrected chi connectivity index (χ0v) is 7.49. The van der Waals surface area contributed by atoms with Crippen LogP contribution < -0.4 is 0 Å². The Labute approximate surface area is 76.2 Å². The number of hydrogen-bond donors (Lipinski definition) is 0. The highest BCUT2D eigenvalue weighted by molar-refractivity contribution is 6.02. The van der Waals surface area contributed by atoms with E-state index in [0.717, 1.165) is 12.8 Å². The number of ether oxygens (including phenoxy) is 2. The van der Waals surface area contributed by atoms with Crippen molar-refractivity contribution >= 4 is 11.8 Å². The van der Waals surface area contributed by atoms with Crippen LogP contribution in [0.25, 0.3) is 0 Å². The summed E-state index contributed by atoms with van der Waals surface area (Å²) >= 11 is 0. The minimum absolute atomic E-state index is 0.0896. The molecule has 2 aliphatic heterocycles. The van der Waals surface area contributed by atoms with Crippen LogP contribution in [0.2, 0.25) is 0 Å². The number of esters is 1. The highest BCUT2D eigenvalue weighted by Gasteiger charge is 2.45. The van der Waals surface area contributed by atoms with Crippen molar-refractivity contribution < 1.29 is 19.1 Å². The fourth-order valence-electron chi connectivity index (χ4n) is 2.05. The zero-order chi connectivity index (χ0) is 9.42. The fraction of sp³-hybridized carbons (Fsp3) is 0.778. The number of rotatable bonds is 1. The lowest BCUT2D eigenvalue weighted by molar-refractivity contribution is -0.159. The molecule has 0 spiro atoms. The molecule has 0 aromatic heterocycles. The predicted octanol–water partition coefficient (Wildman–Crippen LogP) is 0.296. The van der Waals surface area contributed by atoms with Crippen molar-refractivity contribution in [1.82, 2.24) is 0 Å². The Hall–Kier alpha value is -0.900. The lowest BCUT2D eigenvalue weighted by atomic mass is 9.94. The number of hydrogen-bond acceptors (Lipinski definition) is 4. The van der Waals surface area contributed by atoms with Gasteiger partial charge in [-0.15, -0.1) is 0 Å². The molecule has 2 bridgehead atoms. The van der Waals surface area contributed by atoms with Crippen LogP contribution in [-0.4, -0.2) is 31.1 Å². The quantitative estimate of drug-likeness (QED) is 0.434. The largest absolute Gasteiger partial charge is 0.468 e. The van der Waals surface area contributed by atoms with Crippen LogP contribution in [0, 0.1) is 5.92 Å². The normalized spacial score (nSPS) is 37.6. The third kappa shape index (κ3) is 1.35. The summed E-state index contributed by atoms with van der Waals surface area (Å²) in [6.07, 6.45) is 1.90. The highest BCUT2D eigenvalue weighted by Crippen LogP contribution is 2.33. The molecule has 0 N–H and O–H groups in total. The van der Waals surface area contributed by atoms with Gasteiger partial charge < -0.3 is 9.47 Å². The molecule has 0 saturated carbocycles. The second-order valence-electron chi connectivity index (χ2n) is 3.54. The summed E-state index contributed by atoms with van der Waals surface area (Å²) in [6.45, 7) is 0. The van der Waals surface area contributed by atoms with Gasteiger partial charge in [0.25, 0.3) is 0 Å². The van der Waals surface area contributed by atoms with Crippen LogP contribution in [0.5, 0.6) is 0 Å². The van der Waals surface area contributed by atoms with Gasteiger partial charge in [0.1, 0.15) is 12.0 Å². The van der Waals surface area contributed by atoms with E-state index in [2.05, 4.69) is 4.74 Å². The zero-order valence-electron chi connectivity index (χ0n) is 7.49. The Balaban J connectivity index is 2.13. The molecule has 72 valence electrons. The molecule has 2 saturated heterocycles. The van der Waals surface area contributed by atoms with Crippen molar-refractivity contribution in [3.8, 4) is 0 Å². The molecule has 0 amide bonds. The van der Waals surface area contributed by atoms with E-state index in [9.17, 15) is 9.59 Å². The standard InChI is InChI=1S/C9H12O4/c1-12-9(11)6-4-5-2-3-7(13-5)8(6)10/h5-7H,2-4H2,1H3/t5-,6-,7-/m1/s1. The van der Waals surface area contributed by atoms with Gasteiger partial charge >= 0.3 is 5.97 Å². The lowest BCUT2D eigenvalue weighted by Crippen LogP contribution is -2.40. The Kier molecular flexibility index (Phi) is 2.07. The number of carbonyl (C=O) groups excluding carboxylic acids is 2. The van der Waals surface area contributed by atoms with E-state index < -0.39 is 11.9 Å². The second kappa shape index (κ2) is 3.10. The molecule has 0 unspecified atom stereocenters. The molecule has 0 radical (unpaired) electrons. The van der Waals surface area contributed by atoms with Gasteiger partial charge in [-0.05, 0) is 19.3 Å². The van der Waals surface area contributed by atoms with E-state index in [1.807, 2.05) is 0 Å². The van der Waals surface area contributed by atoms with Crippen LogP contribution in [0.15, 0.2) is 0 Å². The first kappa shape index (κ1) is 8.69. The van der Waals surface area contributed by atoms with E-state index in [-0.39, 0.29) is 18.0 Å². The maximum Gasteiger partial charge on any atom is 0.316 e. The minimum atomic E-state index is -0.573. The first-order chi connectivity index (χ1) is 6.22. The first-order valence-electron chi connectivity index (χ1n) is 4.49. The number of methoxy groups -OCH3 is 1. The van der Waals surface area contributed by atoms with Gasteiger partial charge in [-0.2, -0.15) is 0 Å². The maximum absolute atomic E-state index is 11.6. The minimum Gasteiger partial charge on any atom is -0.468 e. The van der Waals surface area contributed by atoms with E-state index >= 15 is 0 Å². The van der Waals surface area contributed by atoms with Gasteiger partial charge in [-0.25, -0.2) is 0 Å². The molecule has 4 heteroatoms. The summed E-state index contributed by atoms with van der Waals surface area (Å²) in [5.74, 6) is -1.08. The average Bonchev–Trinajstić information content (AvgIpc) is 2.55. The van der Waals surface area contributed by atoms with Crippen LogP contribution in [0.4, 0.5) is 0 Å². The lowest BCUT2D eigenvalue weighted by Gasteiger charge is -2.24. The molecule has 2 heterocycles. The average molecular weight is 184 g/mol. The van der Waals surface area contributed by atoms with Crippen LogP contribution in [-0.2, 0) is 19.1 Å². The molecular formula is C9H12O4. The van der Waals surface area contributed by atoms with Crippen molar-refractivity contribution in [2.24, 2.45) is 5.92 Å². The third-order valence-corrected chi connectivity index (χ3v) is 2.75. The Morgan fingerprint density at radius 2 is 2.31 bits per heavy atom. The first-order valence-corrected chi connectivity index (χ1v) is 4.49. The van der Waals surface area contributed by atoms with Crippen molar-refractivity contribution in [1.29, 1.82) is 0 Å². The predicted molar refractivity (Wildman–Crippen MR) is 43.0 cm³/mol. The smallest absolute Gasteiger partial charge is 0.316 e. The Morgan fingerprint density at radius 3 is 3.00 bits per heavy atom. The van der Waals surface area contributed by atoms with E-state index in [1.54, 1.807) is 0 Å². The van der Waals surface area contributed by atoms with Crippen LogP contribution in [0.1, 0.15) is 19.3 Å². The van der Waals surface area contributed by atoms with Crippen molar-refractivity contribution in [2.45, 2.75) is 31.5 Å². The topological polar surface area (TPSA) is 52.6 Å². The molecule has 4 nitrogen and oxygen atoms in total. The van der Waals surface area contributed by atoms with E-state index in [0.29, 0.717) is 6.42 Å². The maximum atomic E-state index is 11.6. The molecular weight excluding hydrogens is 172 g/mol. The van der Waals surface area contributed by atoms with Crippen LogP contribution in [0.3, 0.4) is 0 Å². The highest BCUT2D eigenvalue weighted by atomic mass is 16.5. The molecule has 3 atom stereocenters. The summed E-state index contributed by atoms with van der Waals surface area (Å²) in [6, 6.07) is 0. The summed E-state index contributed by atoms with van der Waals surface area (Å²) in [4.78, 5) is 22.8. The van der Waals surface area contributed by atoms with Crippen LogP contribution >= 0.6 is 0 Å². The van der Waals surface area contributed by atoms with Gasteiger partial charge in [-0.3, -0.25) is 9.59 Å². The van der Waals surface area contributed by atoms with Gasteiger partial charge in [0, 0.05) is 0 Å². The van der Waals surface area contributed by atoms with Gasteiger partial charge in [-0.1, -0.05) is 0 Å². The van der Waals surface area contributed by atoms with E-state index in [4.69, 9.17) is 4.74 Å². The number of Topliss-reactive ketones (excluding diaryl/α,β-unsaturated/α-hetero) is 1. The molecule has 2 fully saturated rings. The van der Waals surface area contributed by atoms with Gasteiger partial charge in [0.15, 0.2) is 5.78 Å². The Bertz CT molecular complexity index is 248. The summed E-state index contributed by atoms with van der Waals surface area (Å²) in [5, 5.41) is 0. The van der Waals surface area contributed by atoms with Gasteiger partial charge in [0.2, 0.25) is 0 Å². The summed E-state index contributed by atoms with van der Waals surface area (Å²) < 4.78 is 9.95. The number of ketones is 1. The number of carbonyl (C=O) groups is 2. The molecule has 0 aromatic carbocycles. The van der Waals surface area contributed by atoms with Crippen molar-refractivity contribution in [3.63, 3.8) is 0 Å². The second-order valence-corrected chi connectivity index (χ2v) is 3.54. The fourth-order valence-corrected chi connectivity index (χ4v) is 2.05.